The SMILES string of the molecule is COC(=O)C1CCN(c2nc(-c3cccc(C)c3OCc3ccc(Br)cc3N)cs2)CC1. The maximum absolute atomic E-state index is 11.8. The molecule has 1 fully saturated rings. The molecule has 32 heavy (non-hydrogen) atoms. The van der Waals surface area contributed by atoms with E-state index in [1.165, 1.54) is 7.11 Å². The zero-order valence-corrected chi connectivity index (χ0v) is 20.5. The second-order valence-electron chi connectivity index (χ2n) is 7.88. The molecule has 4 rings (SSSR count). The van der Waals surface area contributed by atoms with Crippen LogP contribution in [0.5, 0.6) is 5.75 Å². The largest absolute Gasteiger partial charge is 0.488 e. The zero-order chi connectivity index (χ0) is 22.7. The number of nitrogens with two attached hydrogens (primary N) is 1. The Bertz CT molecular complexity index is 1110. The average molecular weight is 516 g/mol. The van der Waals surface area contributed by atoms with Gasteiger partial charge in [-0.05, 0) is 43.5 Å². The van der Waals surface area contributed by atoms with E-state index in [1.807, 2.05) is 43.3 Å². The number of ether oxygens (including phenoxy) is 2. The molecule has 0 spiro atoms. The van der Waals surface area contributed by atoms with Gasteiger partial charge in [-0.2, -0.15) is 0 Å². The van der Waals surface area contributed by atoms with Crippen LogP contribution in [0.25, 0.3) is 11.3 Å². The van der Waals surface area contributed by atoms with E-state index in [-0.39, 0.29) is 11.9 Å². The van der Waals surface area contributed by atoms with Crippen LogP contribution < -0.4 is 15.4 Å². The molecule has 3 aromatic rings. The Morgan fingerprint density at radius 3 is 2.78 bits per heavy atom. The molecule has 2 N–H and O–H groups in total. The third-order valence-corrected chi connectivity index (χ3v) is 7.15. The van der Waals surface area contributed by atoms with Crippen LogP contribution >= 0.6 is 27.3 Å². The number of methoxy groups -OCH3 is 1. The highest BCUT2D eigenvalue weighted by Gasteiger charge is 2.27. The topological polar surface area (TPSA) is 77.7 Å². The number of halogens is 1. The third kappa shape index (κ3) is 4.91. The number of anilines is 2. The molecule has 1 aliphatic rings. The van der Waals surface area contributed by atoms with Crippen LogP contribution in [0.4, 0.5) is 10.8 Å². The number of benzene rings is 2. The van der Waals surface area contributed by atoms with Gasteiger partial charge in [0.2, 0.25) is 0 Å². The summed E-state index contributed by atoms with van der Waals surface area (Å²) in [6, 6.07) is 11.9. The molecular weight excluding hydrogens is 490 g/mol. The number of nitrogens with zero attached hydrogens (tertiary/aromatic N) is 2. The average Bonchev–Trinajstić information content (AvgIpc) is 3.29. The van der Waals surface area contributed by atoms with Crippen LogP contribution in [0.1, 0.15) is 24.0 Å². The normalized spacial score (nSPS) is 14.4. The first-order valence-electron chi connectivity index (χ1n) is 10.5. The van der Waals surface area contributed by atoms with E-state index in [0.717, 1.165) is 63.7 Å². The molecule has 0 bridgehead atoms. The summed E-state index contributed by atoms with van der Waals surface area (Å²) in [4.78, 5) is 18.9. The minimum Gasteiger partial charge on any atom is -0.488 e. The highest BCUT2D eigenvalue weighted by Crippen LogP contribution is 2.37. The van der Waals surface area contributed by atoms with Crippen molar-refractivity contribution in [1.29, 1.82) is 0 Å². The standard InChI is InChI=1S/C24H26BrN3O3S/c1-15-4-3-5-19(22(15)31-13-17-6-7-18(25)12-20(17)26)21-14-32-24(27-21)28-10-8-16(9-11-28)23(29)30-2/h3-7,12,14,16H,8-11,13,26H2,1-2H3. The summed E-state index contributed by atoms with van der Waals surface area (Å²) in [5.74, 6) is 0.687. The zero-order valence-electron chi connectivity index (χ0n) is 18.1. The van der Waals surface area contributed by atoms with E-state index in [0.29, 0.717) is 12.3 Å². The quantitative estimate of drug-likeness (QED) is 0.348. The van der Waals surface area contributed by atoms with E-state index in [2.05, 4.69) is 26.2 Å². The molecule has 0 atom stereocenters. The van der Waals surface area contributed by atoms with Gasteiger partial charge in [-0.1, -0.05) is 34.1 Å². The van der Waals surface area contributed by atoms with E-state index in [1.54, 1.807) is 11.3 Å². The summed E-state index contributed by atoms with van der Waals surface area (Å²) in [6.07, 6.45) is 1.57. The van der Waals surface area contributed by atoms with E-state index < -0.39 is 0 Å². The Morgan fingerprint density at radius 2 is 2.06 bits per heavy atom. The monoisotopic (exact) mass is 515 g/mol. The molecule has 0 amide bonds. The lowest BCUT2D eigenvalue weighted by molar-refractivity contribution is -0.146. The van der Waals surface area contributed by atoms with Crippen LogP contribution in [0.2, 0.25) is 0 Å². The number of carbonyl (C=O) groups excluding carboxylic acids is 1. The van der Waals surface area contributed by atoms with E-state index in [4.69, 9.17) is 20.2 Å². The van der Waals surface area contributed by atoms with E-state index >= 15 is 0 Å². The summed E-state index contributed by atoms with van der Waals surface area (Å²) in [5.41, 5.74) is 10.7. The lowest BCUT2D eigenvalue weighted by Crippen LogP contribution is -2.36. The van der Waals surface area contributed by atoms with Gasteiger partial charge < -0.3 is 20.1 Å². The van der Waals surface area contributed by atoms with Crippen LogP contribution in [-0.4, -0.2) is 31.2 Å². The number of hydrogen-bond donors (Lipinski definition) is 1. The molecule has 0 aliphatic carbocycles. The summed E-state index contributed by atoms with van der Waals surface area (Å²) < 4.78 is 12.1. The Balaban J connectivity index is 1.51. The molecular formula is C24H26BrN3O3S. The number of aromatic nitrogens is 1. The number of para-hydroxylation sites is 1. The number of aryl methyl sites for hydroxylation is 1. The number of piperidine rings is 1. The maximum Gasteiger partial charge on any atom is 0.308 e. The van der Waals surface area contributed by atoms with Crippen molar-refractivity contribution in [1.82, 2.24) is 4.98 Å². The number of hydrogen-bond acceptors (Lipinski definition) is 7. The number of rotatable bonds is 6. The van der Waals surface area contributed by atoms with Gasteiger partial charge in [0.05, 0.1) is 18.7 Å². The fourth-order valence-corrected chi connectivity index (χ4v) is 5.16. The predicted octanol–water partition coefficient (Wildman–Crippen LogP) is 5.43. The third-order valence-electron chi connectivity index (χ3n) is 5.76. The fourth-order valence-electron chi connectivity index (χ4n) is 3.90. The van der Waals surface area contributed by atoms with Crippen molar-refractivity contribution in [2.45, 2.75) is 26.4 Å². The van der Waals surface area contributed by atoms with Crippen molar-refractivity contribution in [3.05, 3.63) is 57.4 Å². The number of carbonyl (C=O) groups is 1. The Morgan fingerprint density at radius 1 is 1.28 bits per heavy atom. The van der Waals surface area contributed by atoms with Crippen molar-refractivity contribution >= 4 is 44.1 Å². The molecule has 0 saturated carbocycles. The molecule has 1 aliphatic heterocycles. The van der Waals surface area contributed by atoms with Crippen molar-refractivity contribution in [3.63, 3.8) is 0 Å². The molecule has 6 nitrogen and oxygen atoms in total. The molecule has 2 heterocycles. The lowest BCUT2D eigenvalue weighted by atomic mass is 9.97. The van der Waals surface area contributed by atoms with Gasteiger partial charge in [-0.25, -0.2) is 4.98 Å². The molecule has 1 aromatic heterocycles. The Kier molecular flexibility index (Phi) is 7.01. The van der Waals surface area contributed by atoms with Crippen molar-refractivity contribution < 1.29 is 14.3 Å². The van der Waals surface area contributed by atoms with Crippen LogP contribution in [0, 0.1) is 12.8 Å². The first-order chi connectivity index (χ1) is 15.5. The van der Waals surface area contributed by atoms with Gasteiger partial charge in [0.25, 0.3) is 0 Å². The van der Waals surface area contributed by atoms with Crippen LogP contribution in [0.15, 0.2) is 46.3 Å². The smallest absolute Gasteiger partial charge is 0.308 e. The second kappa shape index (κ2) is 9.92. The van der Waals surface area contributed by atoms with Gasteiger partial charge in [0, 0.05) is 39.8 Å². The van der Waals surface area contributed by atoms with Crippen molar-refractivity contribution in [2.75, 3.05) is 30.8 Å². The highest BCUT2D eigenvalue weighted by molar-refractivity contribution is 9.10. The van der Waals surface area contributed by atoms with E-state index in [9.17, 15) is 4.79 Å². The second-order valence-corrected chi connectivity index (χ2v) is 9.64. The summed E-state index contributed by atoms with van der Waals surface area (Å²) in [7, 11) is 1.45. The van der Waals surface area contributed by atoms with Gasteiger partial charge in [0.1, 0.15) is 12.4 Å². The maximum atomic E-state index is 11.8. The number of thiazole rings is 1. The Labute approximate surface area is 200 Å². The first-order valence-corrected chi connectivity index (χ1v) is 12.2. The molecule has 0 unspecified atom stereocenters. The van der Waals surface area contributed by atoms with Gasteiger partial charge in [0.15, 0.2) is 5.13 Å². The van der Waals surface area contributed by atoms with Crippen molar-refractivity contribution in [2.24, 2.45) is 5.92 Å². The summed E-state index contributed by atoms with van der Waals surface area (Å²) >= 11 is 5.06. The van der Waals surface area contributed by atoms with Gasteiger partial charge in [-0.15, -0.1) is 11.3 Å². The van der Waals surface area contributed by atoms with Crippen molar-refractivity contribution in [3.8, 4) is 17.0 Å². The fraction of sp³-hybridized carbons (Fsp3) is 0.333. The minimum atomic E-state index is -0.113. The number of nitrogen functional groups attached to an aromatic ring is 1. The first kappa shape index (κ1) is 22.6. The summed E-state index contributed by atoms with van der Waals surface area (Å²) in [6.45, 7) is 4.02. The summed E-state index contributed by atoms with van der Waals surface area (Å²) in [5, 5.41) is 3.03. The van der Waals surface area contributed by atoms with Crippen LogP contribution in [-0.2, 0) is 16.1 Å². The highest BCUT2D eigenvalue weighted by atomic mass is 79.9. The molecule has 0 radical (unpaired) electrons. The molecule has 8 heteroatoms. The predicted molar refractivity (Wildman–Crippen MR) is 132 cm³/mol. The van der Waals surface area contributed by atoms with Gasteiger partial charge >= 0.3 is 5.97 Å². The molecule has 1 saturated heterocycles. The number of esters is 1. The molecule has 2 aromatic carbocycles. The van der Waals surface area contributed by atoms with Crippen LogP contribution in [0.3, 0.4) is 0 Å². The Hall–Kier alpha value is -2.58. The van der Waals surface area contributed by atoms with Gasteiger partial charge in [-0.3, -0.25) is 4.79 Å². The minimum absolute atomic E-state index is 0.0153. The lowest BCUT2D eigenvalue weighted by Gasteiger charge is -2.30. The molecule has 168 valence electrons.